The molecule has 0 unspecified atom stereocenters. The van der Waals surface area contributed by atoms with Crippen molar-refractivity contribution in [3.63, 3.8) is 0 Å². The van der Waals surface area contributed by atoms with Crippen LogP contribution in [0.2, 0.25) is 0 Å². The third kappa shape index (κ3) is 4.60. The van der Waals surface area contributed by atoms with Gasteiger partial charge in [-0.15, -0.1) is 0 Å². The molecule has 6 heteroatoms. The van der Waals surface area contributed by atoms with Gasteiger partial charge in [0.1, 0.15) is 11.6 Å². The Morgan fingerprint density at radius 1 is 1.25 bits per heavy atom. The predicted molar refractivity (Wildman–Crippen MR) is 70.5 cm³/mol. The first-order valence-corrected chi connectivity index (χ1v) is 6.43. The van der Waals surface area contributed by atoms with E-state index in [1.54, 1.807) is 0 Å². The summed E-state index contributed by atoms with van der Waals surface area (Å²) in [7, 11) is 0. The summed E-state index contributed by atoms with van der Waals surface area (Å²) in [5.74, 6) is -3.06. The molecular formula is C14H17F2NO3. The molecule has 0 bridgehead atoms. The van der Waals surface area contributed by atoms with Crippen LogP contribution in [0.15, 0.2) is 18.2 Å². The first kappa shape index (κ1) is 16.1. The summed E-state index contributed by atoms with van der Waals surface area (Å²) in [5, 5.41) is 8.69. The minimum Gasteiger partial charge on any atom is -0.481 e. The fourth-order valence-corrected chi connectivity index (χ4v) is 1.75. The maximum atomic E-state index is 13.7. The van der Waals surface area contributed by atoms with Gasteiger partial charge < -0.3 is 10.0 Å². The third-order valence-corrected chi connectivity index (χ3v) is 2.80. The average Bonchev–Trinajstić information content (AvgIpc) is 2.38. The number of benzene rings is 1. The van der Waals surface area contributed by atoms with Gasteiger partial charge in [0.15, 0.2) is 0 Å². The summed E-state index contributed by atoms with van der Waals surface area (Å²) >= 11 is 0. The monoisotopic (exact) mass is 285 g/mol. The molecule has 4 nitrogen and oxygen atoms in total. The fraction of sp³-hybridized carbons (Fsp3) is 0.429. The average molecular weight is 285 g/mol. The van der Waals surface area contributed by atoms with Crippen molar-refractivity contribution >= 4 is 17.6 Å². The molecule has 110 valence electrons. The van der Waals surface area contributed by atoms with Gasteiger partial charge in [-0.1, -0.05) is 13.3 Å². The van der Waals surface area contributed by atoms with E-state index in [9.17, 15) is 18.4 Å². The van der Waals surface area contributed by atoms with E-state index in [0.717, 1.165) is 23.5 Å². The van der Waals surface area contributed by atoms with Gasteiger partial charge in [0.25, 0.3) is 0 Å². The van der Waals surface area contributed by atoms with Crippen LogP contribution < -0.4 is 4.90 Å². The zero-order valence-corrected chi connectivity index (χ0v) is 11.2. The van der Waals surface area contributed by atoms with Crippen LogP contribution >= 0.6 is 0 Å². The van der Waals surface area contributed by atoms with E-state index >= 15 is 0 Å². The van der Waals surface area contributed by atoms with Crippen LogP contribution in [0.25, 0.3) is 0 Å². The second-order valence-corrected chi connectivity index (χ2v) is 4.39. The van der Waals surface area contributed by atoms with Crippen molar-refractivity contribution in [2.24, 2.45) is 0 Å². The largest absolute Gasteiger partial charge is 0.481 e. The molecule has 0 aliphatic rings. The van der Waals surface area contributed by atoms with Crippen molar-refractivity contribution in [3.8, 4) is 0 Å². The summed E-state index contributed by atoms with van der Waals surface area (Å²) in [6.45, 7) is 1.77. The first-order chi connectivity index (χ1) is 9.45. The van der Waals surface area contributed by atoms with E-state index < -0.39 is 17.6 Å². The minimum absolute atomic E-state index is 0.0891. The van der Waals surface area contributed by atoms with Gasteiger partial charge in [0.05, 0.1) is 12.1 Å². The topological polar surface area (TPSA) is 57.6 Å². The van der Waals surface area contributed by atoms with Crippen molar-refractivity contribution in [3.05, 3.63) is 29.8 Å². The quantitative estimate of drug-likeness (QED) is 0.838. The Bertz CT molecular complexity index is 491. The third-order valence-electron chi connectivity index (χ3n) is 2.80. The van der Waals surface area contributed by atoms with E-state index in [2.05, 4.69) is 0 Å². The smallest absolute Gasteiger partial charge is 0.305 e. The molecule has 1 aromatic rings. The molecule has 0 aliphatic heterocycles. The molecule has 0 saturated carbocycles. The van der Waals surface area contributed by atoms with Crippen LogP contribution in [0.1, 0.15) is 32.6 Å². The number of halogens is 2. The predicted octanol–water partition coefficient (Wildman–Crippen LogP) is 2.96. The number of aliphatic carboxylic acids is 1. The zero-order chi connectivity index (χ0) is 15.1. The Morgan fingerprint density at radius 3 is 2.50 bits per heavy atom. The van der Waals surface area contributed by atoms with Crippen LogP contribution in [0, 0.1) is 11.6 Å². The van der Waals surface area contributed by atoms with Gasteiger partial charge in [-0.3, -0.25) is 9.59 Å². The number of rotatable bonds is 7. The molecule has 0 aliphatic carbocycles. The highest BCUT2D eigenvalue weighted by Gasteiger charge is 2.19. The Labute approximate surface area is 116 Å². The van der Waals surface area contributed by atoms with Crippen molar-refractivity contribution in [1.82, 2.24) is 0 Å². The number of unbranched alkanes of at least 4 members (excludes halogenated alkanes) is 1. The van der Waals surface area contributed by atoms with Crippen LogP contribution in [0.3, 0.4) is 0 Å². The zero-order valence-electron chi connectivity index (χ0n) is 11.2. The van der Waals surface area contributed by atoms with Gasteiger partial charge in [-0.2, -0.15) is 0 Å². The number of amides is 1. The van der Waals surface area contributed by atoms with Gasteiger partial charge in [0, 0.05) is 19.0 Å². The Kier molecular flexibility index (Phi) is 6.09. The maximum absolute atomic E-state index is 13.7. The second kappa shape index (κ2) is 7.57. The summed E-state index contributed by atoms with van der Waals surface area (Å²) in [4.78, 5) is 23.7. The van der Waals surface area contributed by atoms with Crippen molar-refractivity contribution < 1.29 is 23.5 Å². The highest BCUT2D eigenvalue weighted by molar-refractivity contribution is 5.93. The molecule has 0 aromatic heterocycles. The van der Waals surface area contributed by atoms with Crippen molar-refractivity contribution in [2.75, 3.05) is 11.4 Å². The van der Waals surface area contributed by atoms with E-state index in [1.807, 2.05) is 6.92 Å². The lowest BCUT2D eigenvalue weighted by molar-refractivity contribution is -0.136. The molecule has 1 rings (SSSR count). The van der Waals surface area contributed by atoms with Crippen LogP contribution in [0.4, 0.5) is 14.5 Å². The van der Waals surface area contributed by atoms with Crippen molar-refractivity contribution in [2.45, 2.75) is 32.6 Å². The SMILES string of the molecule is CCCCC(=O)N(CCC(=O)O)c1ccc(F)cc1F. The molecule has 1 N–H and O–H groups in total. The van der Waals surface area contributed by atoms with Gasteiger partial charge in [0.2, 0.25) is 5.91 Å². The molecule has 1 amide bonds. The highest BCUT2D eigenvalue weighted by atomic mass is 19.1. The summed E-state index contributed by atoms with van der Waals surface area (Å²) < 4.78 is 26.6. The van der Waals surface area contributed by atoms with Gasteiger partial charge >= 0.3 is 5.97 Å². The lowest BCUT2D eigenvalue weighted by atomic mass is 10.2. The van der Waals surface area contributed by atoms with E-state index in [-0.39, 0.29) is 31.0 Å². The van der Waals surface area contributed by atoms with Crippen LogP contribution in [-0.2, 0) is 9.59 Å². The highest BCUT2D eigenvalue weighted by Crippen LogP contribution is 2.22. The Balaban J connectivity index is 2.96. The lowest BCUT2D eigenvalue weighted by Crippen LogP contribution is -2.33. The molecule has 1 aromatic carbocycles. The number of carbonyl (C=O) groups is 2. The first-order valence-electron chi connectivity index (χ1n) is 6.43. The maximum Gasteiger partial charge on any atom is 0.305 e. The Hall–Kier alpha value is -1.98. The van der Waals surface area contributed by atoms with E-state index in [0.29, 0.717) is 12.5 Å². The summed E-state index contributed by atoms with van der Waals surface area (Å²) in [5.41, 5.74) is -0.0891. The number of nitrogens with zero attached hydrogens (tertiary/aromatic N) is 1. The Morgan fingerprint density at radius 2 is 1.95 bits per heavy atom. The van der Waals surface area contributed by atoms with E-state index in [1.165, 1.54) is 0 Å². The molecule has 0 saturated heterocycles. The molecule has 0 atom stereocenters. The number of carboxylic acids is 1. The molecular weight excluding hydrogens is 268 g/mol. The standard InChI is InChI=1S/C14H17F2NO3/c1-2-3-4-13(18)17(8-7-14(19)20)12-6-5-10(15)9-11(12)16/h5-6,9H,2-4,7-8H2,1H3,(H,19,20). The van der Waals surface area contributed by atoms with Gasteiger partial charge in [-0.05, 0) is 18.6 Å². The number of carbonyl (C=O) groups excluding carboxylic acids is 1. The molecule has 0 heterocycles. The van der Waals surface area contributed by atoms with Crippen molar-refractivity contribution in [1.29, 1.82) is 0 Å². The van der Waals surface area contributed by atoms with Crippen LogP contribution in [0.5, 0.6) is 0 Å². The summed E-state index contributed by atoms with van der Waals surface area (Å²) in [6.07, 6.45) is 1.33. The lowest BCUT2D eigenvalue weighted by Gasteiger charge is -2.22. The van der Waals surface area contributed by atoms with Gasteiger partial charge in [-0.25, -0.2) is 8.78 Å². The summed E-state index contributed by atoms with van der Waals surface area (Å²) in [6, 6.07) is 2.87. The number of hydrogen-bond acceptors (Lipinski definition) is 2. The number of carboxylic acid groups (broad SMARTS) is 1. The van der Waals surface area contributed by atoms with E-state index in [4.69, 9.17) is 5.11 Å². The molecule has 0 radical (unpaired) electrons. The molecule has 0 fully saturated rings. The second-order valence-electron chi connectivity index (χ2n) is 4.39. The van der Waals surface area contributed by atoms with Crippen LogP contribution in [-0.4, -0.2) is 23.5 Å². The number of anilines is 1. The minimum atomic E-state index is -1.08. The fourth-order valence-electron chi connectivity index (χ4n) is 1.75. The normalized spacial score (nSPS) is 10.3. The molecule has 20 heavy (non-hydrogen) atoms. The number of hydrogen-bond donors (Lipinski definition) is 1. The molecule has 0 spiro atoms.